The first-order chi connectivity index (χ1) is 13.5. The van der Waals surface area contributed by atoms with Gasteiger partial charge in [-0.2, -0.15) is 13.2 Å². The summed E-state index contributed by atoms with van der Waals surface area (Å²) in [4.78, 5) is 13.1. The van der Waals surface area contributed by atoms with Gasteiger partial charge in [-0.1, -0.05) is 24.3 Å². The SMILES string of the molecule is FC(F)(F)c1csc(-c2cc(NCCc3cccc4cccnc34)ncn2)c1. The Labute approximate surface area is 163 Å². The standard InChI is InChI=1S/C20H15F3N4S/c21-20(22,23)15-9-17(28-11-15)16-10-18(27-12-26-16)24-8-6-14-4-1-3-13-5-2-7-25-19(13)14/h1-5,7,9-12H,6,8H2,(H,24,26,27). The molecule has 1 N–H and O–H groups in total. The molecule has 0 aliphatic rings. The minimum absolute atomic E-state index is 0.455. The maximum atomic E-state index is 12.8. The number of benzene rings is 1. The van der Waals surface area contributed by atoms with Crippen molar-refractivity contribution < 1.29 is 13.2 Å². The van der Waals surface area contributed by atoms with Crippen LogP contribution in [0.1, 0.15) is 11.1 Å². The molecule has 28 heavy (non-hydrogen) atoms. The van der Waals surface area contributed by atoms with Gasteiger partial charge in [0, 0.05) is 29.6 Å². The van der Waals surface area contributed by atoms with Crippen molar-refractivity contribution in [3.63, 3.8) is 0 Å². The average Bonchev–Trinajstić information content (AvgIpc) is 3.19. The monoisotopic (exact) mass is 400 g/mol. The van der Waals surface area contributed by atoms with E-state index in [9.17, 15) is 13.2 Å². The van der Waals surface area contributed by atoms with Crippen LogP contribution in [0.25, 0.3) is 21.5 Å². The Bertz CT molecular complexity index is 1100. The van der Waals surface area contributed by atoms with E-state index in [1.165, 1.54) is 6.33 Å². The summed E-state index contributed by atoms with van der Waals surface area (Å²) in [5.41, 5.74) is 1.88. The molecule has 0 bridgehead atoms. The Balaban J connectivity index is 1.46. The lowest BCUT2D eigenvalue weighted by atomic mass is 10.1. The molecule has 0 spiro atoms. The number of pyridine rings is 1. The molecule has 0 saturated heterocycles. The van der Waals surface area contributed by atoms with Crippen LogP contribution < -0.4 is 5.32 Å². The number of alkyl halides is 3. The summed E-state index contributed by atoms with van der Waals surface area (Å²) in [6.45, 7) is 0.615. The third-order valence-electron chi connectivity index (χ3n) is 4.26. The van der Waals surface area contributed by atoms with Crippen molar-refractivity contribution in [1.82, 2.24) is 15.0 Å². The molecule has 4 rings (SSSR count). The molecular formula is C20H15F3N4S. The van der Waals surface area contributed by atoms with E-state index >= 15 is 0 Å². The molecule has 0 amide bonds. The summed E-state index contributed by atoms with van der Waals surface area (Å²) in [6.07, 6.45) is -0.490. The largest absolute Gasteiger partial charge is 0.417 e. The number of hydrogen-bond donors (Lipinski definition) is 1. The third kappa shape index (κ3) is 3.96. The quantitative estimate of drug-likeness (QED) is 0.486. The number of nitrogens with one attached hydrogen (secondary N) is 1. The molecule has 3 heterocycles. The zero-order valence-electron chi connectivity index (χ0n) is 14.6. The van der Waals surface area contributed by atoms with Crippen molar-refractivity contribution in [3.05, 3.63) is 71.5 Å². The molecule has 1 aromatic carbocycles. The number of halogens is 3. The number of rotatable bonds is 5. The zero-order chi connectivity index (χ0) is 19.6. The first-order valence-electron chi connectivity index (χ1n) is 8.55. The van der Waals surface area contributed by atoms with Crippen LogP contribution in [0.4, 0.5) is 19.0 Å². The van der Waals surface area contributed by atoms with Gasteiger partial charge in [0.1, 0.15) is 12.1 Å². The molecule has 8 heteroatoms. The van der Waals surface area contributed by atoms with Gasteiger partial charge >= 0.3 is 6.18 Å². The van der Waals surface area contributed by atoms with E-state index < -0.39 is 11.7 Å². The minimum Gasteiger partial charge on any atom is -0.370 e. The van der Waals surface area contributed by atoms with Crippen LogP contribution in [-0.4, -0.2) is 21.5 Å². The van der Waals surface area contributed by atoms with Gasteiger partial charge in [0.25, 0.3) is 0 Å². The number of hydrogen-bond acceptors (Lipinski definition) is 5. The van der Waals surface area contributed by atoms with Crippen LogP contribution >= 0.6 is 11.3 Å². The normalized spacial score (nSPS) is 11.7. The van der Waals surface area contributed by atoms with Crippen molar-refractivity contribution >= 4 is 28.1 Å². The predicted octanol–water partition coefficient (Wildman–Crippen LogP) is 5.43. The highest BCUT2D eigenvalue weighted by molar-refractivity contribution is 7.13. The molecule has 142 valence electrons. The average molecular weight is 400 g/mol. The molecule has 4 aromatic rings. The molecular weight excluding hydrogens is 385 g/mol. The Hall–Kier alpha value is -3.00. The van der Waals surface area contributed by atoms with E-state index in [0.29, 0.717) is 22.9 Å². The summed E-state index contributed by atoms with van der Waals surface area (Å²) in [7, 11) is 0. The Morgan fingerprint density at radius 3 is 2.68 bits per heavy atom. The summed E-state index contributed by atoms with van der Waals surface area (Å²) >= 11 is 1.01. The van der Waals surface area contributed by atoms with Crippen molar-refractivity contribution in [2.24, 2.45) is 0 Å². The molecule has 3 aromatic heterocycles. The number of thiophene rings is 1. The second-order valence-corrected chi connectivity index (χ2v) is 7.07. The number of nitrogens with zero attached hydrogens (tertiary/aromatic N) is 3. The Morgan fingerprint density at radius 2 is 1.86 bits per heavy atom. The fourth-order valence-corrected chi connectivity index (χ4v) is 3.79. The second-order valence-electron chi connectivity index (χ2n) is 6.15. The topological polar surface area (TPSA) is 50.7 Å². The van der Waals surface area contributed by atoms with Crippen LogP contribution in [0.5, 0.6) is 0 Å². The van der Waals surface area contributed by atoms with Crippen LogP contribution in [0.15, 0.2) is 60.4 Å². The summed E-state index contributed by atoms with van der Waals surface area (Å²) in [6, 6.07) is 12.7. The molecule has 0 radical (unpaired) electrons. The van der Waals surface area contributed by atoms with Crippen molar-refractivity contribution in [1.29, 1.82) is 0 Å². The van der Waals surface area contributed by atoms with Gasteiger partial charge in [0.05, 0.1) is 21.7 Å². The lowest BCUT2D eigenvalue weighted by Crippen LogP contribution is -2.07. The molecule has 0 unspecified atom stereocenters. The maximum absolute atomic E-state index is 12.8. The molecule has 4 nitrogen and oxygen atoms in total. The fraction of sp³-hybridized carbons (Fsp3) is 0.150. The molecule has 0 atom stereocenters. The number of anilines is 1. The second kappa shape index (κ2) is 7.55. The summed E-state index contributed by atoms with van der Waals surface area (Å²) < 4.78 is 38.4. The maximum Gasteiger partial charge on any atom is 0.417 e. The third-order valence-corrected chi connectivity index (χ3v) is 5.22. The van der Waals surface area contributed by atoms with Gasteiger partial charge in [0.15, 0.2) is 0 Å². The highest BCUT2D eigenvalue weighted by Gasteiger charge is 2.31. The van der Waals surface area contributed by atoms with Crippen molar-refractivity contribution in [2.45, 2.75) is 12.6 Å². The highest BCUT2D eigenvalue weighted by atomic mass is 32.1. The first kappa shape index (κ1) is 18.4. The van der Waals surface area contributed by atoms with Crippen LogP contribution in [0.2, 0.25) is 0 Å². The molecule has 0 saturated carbocycles. The van der Waals surface area contributed by atoms with Gasteiger partial charge in [-0.15, -0.1) is 11.3 Å². The number of fused-ring (bicyclic) bond motifs is 1. The van der Waals surface area contributed by atoms with E-state index in [2.05, 4.69) is 20.3 Å². The summed E-state index contributed by atoms with van der Waals surface area (Å²) in [5.74, 6) is 0.570. The van der Waals surface area contributed by atoms with Crippen molar-refractivity contribution in [2.75, 3.05) is 11.9 Å². The minimum atomic E-state index is -4.35. The van der Waals surface area contributed by atoms with E-state index in [4.69, 9.17) is 0 Å². The Morgan fingerprint density at radius 1 is 1.00 bits per heavy atom. The lowest BCUT2D eigenvalue weighted by Gasteiger charge is -2.08. The zero-order valence-corrected chi connectivity index (χ0v) is 15.4. The van der Waals surface area contributed by atoms with Crippen LogP contribution in [-0.2, 0) is 12.6 Å². The van der Waals surface area contributed by atoms with E-state index in [1.54, 1.807) is 12.3 Å². The molecule has 0 fully saturated rings. The van der Waals surface area contributed by atoms with Gasteiger partial charge in [0.2, 0.25) is 0 Å². The van der Waals surface area contributed by atoms with Gasteiger partial charge in [-0.05, 0) is 24.1 Å². The number of aromatic nitrogens is 3. The number of para-hydroxylation sites is 1. The lowest BCUT2D eigenvalue weighted by molar-refractivity contribution is -0.137. The van der Waals surface area contributed by atoms with Crippen LogP contribution in [0, 0.1) is 0 Å². The van der Waals surface area contributed by atoms with E-state index in [1.807, 2.05) is 30.3 Å². The van der Waals surface area contributed by atoms with Gasteiger partial charge < -0.3 is 5.32 Å². The molecule has 0 aliphatic heterocycles. The first-order valence-corrected chi connectivity index (χ1v) is 9.43. The molecule has 0 aliphatic carbocycles. The van der Waals surface area contributed by atoms with Gasteiger partial charge in [-0.25, -0.2) is 9.97 Å². The van der Waals surface area contributed by atoms with E-state index in [-0.39, 0.29) is 0 Å². The van der Waals surface area contributed by atoms with Crippen LogP contribution in [0.3, 0.4) is 0 Å². The summed E-state index contributed by atoms with van der Waals surface area (Å²) in [5, 5.41) is 5.39. The van der Waals surface area contributed by atoms with Gasteiger partial charge in [-0.3, -0.25) is 4.98 Å². The fourth-order valence-electron chi connectivity index (χ4n) is 2.90. The smallest absolute Gasteiger partial charge is 0.370 e. The van der Waals surface area contributed by atoms with E-state index in [0.717, 1.165) is 45.7 Å². The predicted molar refractivity (Wildman–Crippen MR) is 104 cm³/mol. The van der Waals surface area contributed by atoms with Crippen molar-refractivity contribution in [3.8, 4) is 10.6 Å². The Kier molecular flexibility index (Phi) is 4.95. The highest BCUT2D eigenvalue weighted by Crippen LogP contribution is 2.36.